The van der Waals surface area contributed by atoms with Crippen molar-refractivity contribution in [3.05, 3.63) is 34.9 Å². The van der Waals surface area contributed by atoms with E-state index in [0.29, 0.717) is 22.1 Å². The van der Waals surface area contributed by atoms with E-state index in [0.717, 1.165) is 43.9 Å². The molecule has 7 heteroatoms. The molecule has 2 saturated heterocycles. The van der Waals surface area contributed by atoms with Gasteiger partial charge < -0.3 is 10.2 Å². The Bertz CT molecular complexity index is 733. The maximum Gasteiger partial charge on any atom is 0.261 e. The van der Waals surface area contributed by atoms with Crippen molar-refractivity contribution in [2.75, 3.05) is 33.2 Å². The lowest BCUT2D eigenvalue weighted by molar-refractivity contribution is 0.0607. The lowest BCUT2D eigenvalue weighted by Crippen LogP contribution is -2.44. The molecule has 0 aliphatic carbocycles. The zero-order valence-electron chi connectivity index (χ0n) is 14.2. The Kier molecular flexibility index (Phi) is 4.60. The number of imide groups is 1. The summed E-state index contributed by atoms with van der Waals surface area (Å²) >= 11 is 0. The molecule has 0 bridgehead atoms. The topological polar surface area (TPSA) is 69.7 Å². The van der Waals surface area contributed by atoms with E-state index < -0.39 is 0 Å². The largest absolute Gasteiger partial charge is 0.339 e. The summed E-state index contributed by atoms with van der Waals surface area (Å²) in [5.74, 6) is -0.685. The number of piperidine rings is 1. The van der Waals surface area contributed by atoms with Gasteiger partial charge in [-0.15, -0.1) is 12.4 Å². The quantitative estimate of drug-likeness (QED) is 0.769. The van der Waals surface area contributed by atoms with E-state index in [1.807, 2.05) is 4.90 Å². The highest BCUT2D eigenvalue weighted by atomic mass is 35.5. The van der Waals surface area contributed by atoms with Crippen LogP contribution in [0.5, 0.6) is 0 Å². The van der Waals surface area contributed by atoms with Gasteiger partial charge in [-0.05, 0) is 49.4 Å². The molecule has 4 rings (SSSR count). The highest BCUT2D eigenvalue weighted by Crippen LogP contribution is 2.37. The number of carbonyl (C=O) groups excluding carboxylic acids is 3. The molecule has 1 spiro atoms. The molecule has 1 aromatic carbocycles. The van der Waals surface area contributed by atoms with E-state index in [1.165, 1.54) is 13.5 Å². The van der Waals surface area contributed by atoms with Gasteiger partial charge in [0.05, 0.1) is 11.1 Å². The van der Waals surface area contributed by atoms with Crippen molar-refractivity contribution in [2.45, 2.75) is 19.3 Å². The molecule has 0 radical (unpaired) electrons. The fraction of sp³-hybridized carbons (Fsp3) is 0.500. The number of halogens is 1. The molecular weight excluding hydrogens is 342 g/mol. The highest BCUT2D eigenvalue weighted by molar-refractivity contribution is 6.21. The molecule has 2 fully saturated rings. The first-order chi connectivity index (χ1) is 11.5. The van der Waals surface area contributed by atoms with Crippen LogP contribution in [0.3, 0.4) is 0 Å². The number of likely N-dealkylation sites (tertiary alicyclic amines) is 1. The van der Waals surface area contributed by atoms with Gasteiger partial charge in [0.25, 0.3) is 17.7 Å². The second kappa shape index (κ2) is 6.42. The number of benzene rings is 1. The van der Waals surface area contributed by atoms with Crippen LogP contribution < -0.4 is 5.32 Å². The minimum absolute atomic E-state index is 0. The fourth-order valence-corrected chi connectivity index (χ4v) is 4.08. The molecular formula is C18H22ClN3O3. The number of nitrogens with zero attached hydrogens (tertiary/aromatic N) is 2. The van der Waals surface area contributed by atoms with Crippen LogP contribution >= 0.6 is 12.4 Å². The van der Waals surface area contributed by atoms with Crippen molar-refractivity contribution in [2.24, 2.45) is 5.41 Å². The Labute approximate surface area is 153 Å². The lowest BCUT2D eigenvalue weighted by Gasteiger charge is -2.38. The van der Waals surface area contributed by atoms with Crippen LogP contribution in [-0.2, 0) is 0 Å². The zero-order valence-corrected chi connectivity index (χ0v) is 15.0. The van der Waals surface area contributed by atoms with Crippen molar-refractivity contribution < 1.29 is 14.4 Å². The standard InChI is InChI=1S/C18H21N3O3.ClH/c1-20-16(23)13-3-2-12(10-14(13)17(20)24)15(22)21-8-5-18(6-9-21)4-7-19-11-18;/h2-3,10,19H,4-9,11H2,1H3;1H. The highest BCUT2D eigenvalue weighted by Gasteiger charge is 2.39. The number of rotatable bonds is 1. The molecule has 1 aromatic rings. The van der Waals surface area contributed by atoms with Crippen LogP contribution in [0.2, 0.25) is 0 Å². The number of fused-ring (bicyclic) bond motifs is 1. The van der Waals surface area contributed by atoms with Crippen molar-refractivity contribution in [3.63, 3.8) is 0 Å². The third-order valence-corrected chi connectivity index (χ3v) is 5.78. The van der Waals surface area contributed by atoms with E-state index in [-0.39, 0.29) is 30.1 Å². The van der Waals surface area contributed by atoms with Gasteiger partial charge in [0, 0.05) is 32.2 Å². The summed E-state index contributed by atoms with van der Waals surface area (Å²) in [4.78, 5) is 39.8. The summed E-state index contributed by atoms with van der Waals surface area (Å²) in [6.07, 6.45) is 3.24. The third-order valence-electron chi connectivity index (χ3n) is 5.78. The number of carbonyl (C=O) groups is 3. The van der Waals surface area contributed by atoms with Crippen LogP contribution in [0.1, 0.15) is 50.3 Å². The van der Waals surface area contributed by atoms with Gasteiger partial charge in [-0.3, -0.25) is 19.3 Å². The number of hydrogen-bond acceptors (Lipinski definition) is 4. The second-order valence-corrected chi connectivity index (χ2v) is 7.15. The average Bonchev–Trinajstić information content (AvgIpc) is 3.14. The minimum Gasteiger partial charge on any atom is -0.339 e. The van der Waals surface area contributed by atoms with E-state index in [4.69, 9.17) is 0 Å². The third kappa shape index (κ3) is 2.83. The van der Waals surface area contributed by atoms with Crippen LogP contribution in [0.15, 0.2) is 18.2 Å². The molecule has 3 amide bonds. The number of nitrogens with one attached hydrogen (secondary N) is 1. The summed E-state index contributed by atoms with van der Waals surface area (Å²) < 4.78 is 0. The number of hydrogen-bond donors (Lipinski definition) is 1. The molecule has 25 heavy (non-hydrogen) atoms. The van der Waals surface area contributed by atoms with Crippen molar-refractivity contribution in [1.29, 1.82) is 0 Å². The molecule has 3 aliphatic heterocycles. The summed E-state index contributed by atoms with van der Waals surface area (Å²) in [6, 6.07) is 4.83. The molecule has 6 nitrogen and oxygen atoms in total. The van der Waals surface area contributed by atoms with Crippen LogP contribution in [0, 0.1) is 5.41 Å². The molecule has 0 aromatic heterocycles. The predicted octanol–water partition coefficient (Wildman–Crippen LogP) is 1.55. The van der Waals surface area contributed by atoms with Crippen molar-refractivity contribution >= 4 is 30.1 Å². The van der Waals surface area contributed by atoms with Gasteiger partial charge >= 0.3 is 0 Å². The van der Waals surface area contributed by atoms with E-state index in [1.54, 1.807) is 18.2 Å². The Hall–Kier alpha value is -1.92. The monoisotopic (exact) mass is 363 g/mol. The Morgan fingerprint density at radius 2 is 1.76 bits per heavy atom. The zero-order chi connectivity index (χ0) is 16.9. The first-order valence-electron chi connectivity index (χ1n) is 8.47. The second-order valence-electron chi connectivity index (χ2n) is 7.15. The maximum atomic E-state index is 12.8. The maximum absolute atomic E-state index is 12.8. The van der Waals surface area contributed by atoms with Crippen LogP contribution in [-0.4, -0.2) is 60.7 Å². The molecule has 3 aliphatic rings. The van der Waals surface area contributed by atoms with Crippen LogP contribution in [0.4, 0.5) is 0 Å². The molecule has 1 N–H and O–H groups in total. The lowest BCUT2D eigenvalue weighted by atomic mass is 9.78. The van der Waals surface area contributed by atoms with E-state index >= 15 is 0 Å². The van der Waals surface area contributed by atoms with Gasteiger partial charge in [-0.1, -0.05) is 0 Å². The van der Waals surface area contributed by atoms with E-state index in [9.17, 15) is 14.4 Å². The summed E-state index contributed by atoms with van der Waals surface area (Å²) in [5.41, 5.74) is 1.57. The molecule has 0 unspecified atom stereocenters. The Balaban J connectivity index is 0.00000182. The number of amides is 3. The van der Waals surface area contributed by atoms with Crippen molar-refractivity contribution in [3.8, 4) is 0 Å². The fourth-order valence-electron chi connectivity index (χ4n) is 4.08. The average molecular weight is 364 g/mol. The molecule has 3 heterocycles. The summed E-state index contributed by atoms with van der Waals surface area (Å²) in [7, 11) is 1.46. The van der Waals surface area contributed by atoms with E-state index in [2.05, 4.69) is 5.32 Å². The Morgan fingerprint density at radius 1 is 1.08 bits per heavy atom. The first kappa shape index (κ1) is 17.9. The van der Waals surface area contributed by atoms with Crippen LogP contribution in [0.25, 0.3) is 0 Å². The minimum atomic E-state index is -0.334. The molecule has 134 valence electrons. The van der Waals surface area contributed by atoms with Gasteiger partial charge in [-0.2, -0.15) is 0 Å². The first-order valence-corrected chi connectivity index (χ1v) is 8.47. The molecule has 0 atom stereocenters. The summed E-state index contributed by atoms with van der Waals surface area (Å²) in [5, 5.41) is 3.42. The normalized spacial score (nSPS) is 21.5. The smallest absolute Gasteiger partial charge is 0.261 e. The Morgan fingerprint density at radius 3 is 2.40 bits per heavy atom. The summed E-state index contributed by atoms with van der Waals surface area (Å²) in [6.45, 7) is 3.63. The SMILES string of the molecule is CN1C(=O)c2ccc(C(=O)N3CCC4(CCNC4)CC3)cc2C1=O.Cl. The van der Waals surface area contributed by atoms with Gasteiger partial charge in [-0.25, -0.2) is 0 Å². The van der Waals surface area contributed by atoms with Crippen molar-refractivity contribution in [1.82, 2.24) is 15.1 Å². The van der Waals surface area contributed by atoms with Gasteiger partial charge in [0.2, 0.25) is 0 Å². The van der Waals surface area contributed by atoms with Gasteiger partial charge in [0.1, 0.15) is 0 Å². The van der Waals surface area contributed by atoms with Gasteiger partial charge in [0.15, 0.2) is 0 Å². The predicted molar refractivity (Wildman–Crippen MR) is 95.2 cm³/mol. The molecule has 0 saturated carbocycles.